The van der Waals surface area contributed by atoms with Crippen molar-refractivity contribution in [2.45, 2.75) is 13.8 Å². The third kappa shape index (κ3) is 2.78. The third-order valence-electron chi connectivity index (χ3n) is 4.06. The minimum Gasteiger partial charge on any atom is -0.369 e. The van der Waals surface area contributed by atoms with Crippen LogP contribution in [0, 0.1) is 5.92 Å². The van der Waals surface area contributed by atoms with Crippen molar-refractivity contribution in [3.63, 3.8) is 0 Å². The third-order valence-corrected chi connectivity index (χ3v) is 4.06. The van der Waals surface area contributed by atoms with Gasteiger partial charge in [0.05, 0.1) is 11.3 Å². The van der Waals surface area contributed by atoms with Gasteiger partial charge >= 0.3 is 0 Å². The van der Waals surface area contributed by atoms with Gasteiger partial charge in [-0.2, -0.15) is 0 Å². The predicted octanol–water partition coefficient (Wildman–Crippen LogP) is 1.60. The highest BCUT2D eigenvalue weighted by Crippen LogP contribution is 2.28. The van der Waals surface area contributed by atoms with Crippen LogP contribution in [0.4, 0.5) is 11.4 Å². The second-order valence-electron chi connectivity index (χ2n) is 6.19. The number of ketones is 1. The van der Waals surface area contributed by atoms with Crippen molar-refractivity contribution in [2.24, 2.45) is 5.92 Å². The first kappa shape index (κ1) is 14.1. The van der Waals surface area contributed by atoms with Gasteiger partial charge < -0.3 is 10.2 Å². The molecule has 0 spiro atoms. The standard InChI is InChI=1S/C16H21N3O2/c1-11(2)10-18-5-7-19(8-6-18)12-3-4-13-14(9-12)17-16(21)15(13)20/h3-4,9,11H,5-8,10H2,1-2H3,(H,17,20,21). The molecule has 5 nitrogen and oxygen atoms in total. The fourth-order valence-corrected chi connectivity index (χ4v) is 3.04. The van der Waals surface area contributed by atoms with Crippen molar-refractivity contribution >= 4 is 23.1 Å². The minimum atomic E-state index is -0.524. The summed E-state index contributed by atoms with van der Waals surface area (Å²) in [6, 6.07) is 5.61. The van der Waals surface area contributed by atoms with Gasteiger partial charge in [0.15, 0.2) is 0 Å². The lowest BCUT2D eigenvalue weighted by molar-refractivity contribution is -0.112. The van der Waals surface area contributed by atoms with Gasteiger partial charge in [-0.1, -0.05) is 13.8 Å². The summed E-state index contributed by atoms with van der Waals surface area (Å²) < 4.78 is 0. The Hall–Kier alpha value is -1.88. The molecule has 0 bridgehead atoms. The lowest BCUT2D eigenvalue weighted by Crippen LogP contribution is -2.47. The molecule has 0 unspecified atom stereocenters. The summed E-state index contributed by atoms with van der Waals surface area (Å²) >= 11 is 0. The highest BCUT2D eigenvalue weighted by atomic mass is 16.2. The number of anilines is 2. The number of carbonyl (C=O) groups excluding carboxylic acids is 2. The number of hydrogen-bond acceptors (Lipinski definition) is 4. The molecule has 5 heteroatoms. The SMILES string of the molecule is CC(C)CN1CCN(c2ccc3c(c2)NC(=O)C3=O)CC1. The van der Waals surface area contributed by atoms with Crippen LogP contribution in [-0.4, -0.2) is 49.3 Å². The second-order valence-corrected chi connectivity index (χ2v) is 6.19. The smallest absolute Gasteiger partial charge is 0.296 e. The van der Waals surface area contributed by atoms with E-state index in [0.29, 0.717) is 17.2 Å². The molecule has 2 aliphatic heterocycles. The molecule has 0 radical (unpaired) electrons. The fraction of sp³-hybridized carbons (Fsp3) is 0.500. The first-order valence-electron chi connectivity index (χ1n) is 7.51. The Labute approximate surface area is 124 Å². The molecule has 2 heterocycles. The van der Waals surface area contributed by atoms with E-state index in [1.165, 1.54) is 0 Å². The molecule has 0 atom stereocenters. The van der Waals surface area contributed by atoms with Crippen LogP contribution in [0.25, 0.3) is 0 Å². The van der Waals surface area contributed by atoms with Gasteiger partial charge in [0.25, 0.3) is 11.7 Å². The van der Waals surface area contributed by atoms with Crippen LogP contribution in [0.3, 0.4) is 0 Å². The normalized spacial score (nSPS) is 19.1. The van der Waals surface area contributed by atoms with E-state index in [4.69, 9.17) is 0 Å². The number of fused-ring (bicyclic) bond motifs is 1. The first-order chi connectivity index (χ1) is 10.0. The Bertz CT molecular complexity index is 575. The molecular weight excluding hydrogens is 266 g/mol. The van der Waals surface area contributed by atoms with E-state index in [-0.39, 0.29) is 0 Å². The van der Waals surface area contributed by atoms with Crippen LogP contribution >= 0.6 is 0 Å². The van der Waals surface area contributed by atoms with E-state index in [1.807, 2.05) is 12.1 Å². The Kier molecular flexibility index (Phi) is 3.68. The number of nitrogens with one attached hydrogen (secondary N) is 1. The van der Waals surface area contributed by atoms with Crippen LogP contribution < -0.4 is 10.2 Å². The van der Waals surface area contributed by atoms with Crippen LogP contribution in [0.5, 0.6) is 0 Å². The van der Waals surface area contributed by atoms with E-state index in [2.05, 4.69) is 29.0 Å². The Morgan fingerprint density at radius 3 is 2.52 bits per heavy atom. The zero-order chi connectivity index (χ0) is 15.0. The molecule has 1 N–H and O–H groups in total. The van der Waals surface area contributed by atoms with Crippen LogP contribution in [0.15, 0.2) is 18.2 Å². The van der Waals surface area contributed by atoms with Crippen LogP contribution in [0.2, 0.25) is 0 Å². The highest BCUT2D eigenvalue weighted by molar-refractivity contribution is 6.51. The monoisotopic (exact) mass is 287 g/mol. The molecule has 1 saturated heterocycles. The minimum absolute atomic E-state index is 0.432. The molecule has 112 valence electrons. The molecule has 21 heavy (non-hydrogen) atoms. The van der Waals surface area contributed by atoms with Crippen molar-refractivity contribution in [1.82, 2.24) is 4.90 Å². The summed E-state index contributed by atoms with van der Waals surface area (Å²) in [6.45, 7) is 9.70. The van der Waals surface area contributed by atoms with E-state index in [0.717, 1.165) is 38.4 Å². The summed E-state index contributed by atoms with van der Waals surface area (Å²) in [5, 5.41) is 2.64. The molecule has 1 aromatic carbocycles. The average molecular weight is 287 g/mol. The number of benzene rings is 1. The van der Waals surface area contributed by atoms with Gasteiger partial charge in [-0.25, -0.2) is 0 Å². The zero-order valence-corrected chi connectivity index (χ0v) is 12.6. The molecule has 1 fully saturated rings. The van der Waals surface area contributed by atoms with Crippen molar-refractivity contribution in [3.8, 4) is 0 Å². The van der Waals surface area contributed by atoms with E-state index < -0.39 is 11.7 Å². The molecule has 2 aliphatic rings. The molecule has 0 aliphatic carbocycles. The topological polar surface area (TPSA) is 52.6 Å². The van der Waals surface area contributed by atoms with Crippen molar-refractivity contribution in [2.75, 3.05) is 42.9 Å². The Morgan fingerprint density at radius 2 is 1.86 bits per heavy atom. The largest absolute Gasteiger partial charge is 0.369 e. The number of nitrogens with zero attached hydrogens (tertiary/aromatic N) is 2. The lowest BCUT2D eigenvalue weighted by atomic mass is 10.1. The van der Waals surface area contributed by atoms with Gasteiger partial charge in [-0.15, -0.1) is 0 Å². The van der Waals surface area contributed by atoms with Gasteiger partial charge in [0, 0.05) is 38.4 Å². The maximum atomic E-state index is 11.6. The van der Waals surface area contributed by atoms with Crippen molar-refractivity contribution in [3.05, 3.63) is 23.8 Å². The summed E-state index contributed by atoms with van der Waals surface area (Å²) in [4.78, 5) is 27.8. The summed E-state index contributed by atoms with van der Waals surface area (Å²) in [5.41, 5.74) is 2.21. The number of carbonyl (C=O) groups is 2. The van der Waals surface area contributed by atoms with Gasteiger partial charge in [-0.05, 0) is 24.1 Å². The number of hydrogen-bond donors (Lipinski definition) is 1. The summed E-state index contributed by atoms with van der Waals surface area (Å²) in [6.07, 6.45) is 0. The summed E-state index contributed by atoms with van der Waals surface area (Å²) in [7, 11) is 0. The highest BCUT2D eigenvalue weighted by Gasteiger charge is 2.28. The number of Topliss-reactive ketones (excluding diaryl/α,β-unsaturated/α-hetero) is 1. The lowest BCUT2D eigenvalue weighted by Gasteiger charge is -2.37. The molecule has 0 aromatic heterocycles. The molecule has 0 saturated carbocycles. The van der Waals surface area contributed by atoms with Crippen molar-refractivity contribution < 1.29 is 9.59 Å². The van der Waals surface area contributed by atoms with E-state index in [9.17, 15) is 9.59 Å². The van der Waals surface area contributed by atoms with E-state index >= 15 is 0 Å². The molecular formula is C16H21N3O2. The predicted molar refractivity (Wildman–Crippen MR) is 82.9 cm³/mol. The van der Waals surface area contributed by atoms with Gasteiger partial charge in [0.2, 0.25) is 0 Å². The average Bonchev–Trinajstić information content (AvgIpc) is 2.74. The van der Waals surface area contributed by atoms with Crippen molar-refractivity contribution in [1.29, 1.82) is 0 Å². The van der Waals surface area contributed by atoms with E-state index in [1.54, 1.807) is 6.07 Å². The van der Waals surface area contributed by atoms with Crippen LogP contribution in [-0.2, 0) is 4.79 Å². The maximum absolute atomic E-state index is 11.6. The zero-order valence-electron chi connectivity index (χ0n) is 12.6. The van der Waals surface area contributed by atoms with Crippen LogP contribution in [0.1, 0.15) is 24.2 Å². The van der Waals surface area contributed by atoms with Gasteiger partial charge in [0.1, 0.15) is 0 Å². The maximum Gasteiger partial charge on any atom is 0.296 e. The van der Waals surface area contributed by atoms with Gasteiger partial charge in [-0.3, -0.25) is 14.5 Å². The Morgan fingerprint density at radius 1 is 1.14 bits per heavy atom. The second kappa shape index (κ2) is 5.48. The quantitative estimate of drug-likeness (QED) is 0.858. The molecule has 1 amide bonds. The fourth-order valence-electron chi connectivity index (χ4n) is 3.04. The summed E-state index contributed by atoms with van der Waals surface area (Å²) in [5.74, 6) is -0.264. The number of piperazine rings is 1. The number of rotatable bonds is 3. The first-order valence-corrected chi connectivity index (χ1v) is 7.51. The number of amides is 1. The molecule has 3 rings (SSSR count). The molecule has 1 aromatic rings. The Balaban J connectivity index is 1.68.